The number of anilines is 1. The van der Waals surface area contributed by atoms with Gasteiger partial charge in [-0.15, -0.1) is 0 Å². The van der Waals surface area contributed by atoms with Crippen molar-refractivity contribution in [1.29, 1.82) is 0 Å². The molecule has 0 heterocycles. The first-order valence-electron chi connectivity index (χ1n) is 7.15. The number of nitrogens with one attached hydrogen (secondary N) is 1. The minimum Gasteiger partial charge on any atom is -0.325 e. The quantitative estimate of drug-likeness (QED) is 0.881. The van der Waals surface area contributed by atoms with Crippen LogP contribution in [0.25, 0.3) is 0 Å². The highest BCUT2D eigenvalue weighted by atomic mass is 32.2. The fourth-order valence-electron chi connectivity index (χ4n) is 2.19. The van der Waals surface area contributed by atoms with Gasteiger partial charge in [-0.05, 0) is 37.1 Å². The molecule has 2 aromatic rings. The van der Waals surface area contributed by atoms with Crippen LogP contribution in [0, 0.1) is 0 Å². The summed E-state index contributed by atoms with van der Waals surface area (Å²) in [5.41, 5.74) is 1.42. The fourth-order valence-corrected chi connectivity index (χ4v) is 2.85. The Hall–Kier alpha value is -2.18. The van der Waals surface area contributed by atoms with E-state index in [2.05, 4.69) is 5.32 Å². The van der Waals surface area contributed by atoms with Crippen LogP contribution in [0.1, 0.15) is 25.0 Å². The molecule has 0 atom stereocenters. The predicted octanol–water partition coefficient (Wildman–Crippen LogP) is 2.39. The van der Waals surface area contributed by atoms with E-state index in [1.165, 1.54) is 0 Å². The summed E-state index contributed by atoms with van der Waals surface area (Å²) in [5.74, 6) is -0.362. The lowest BCUT2D eigenvalue weighted by Gasteiger charge is -2.24. The van der Waals surface area contributed by atoms with Crippen molar-refractivity contribution in [3.8, 4) is 0 Å². The molecule has 0 radical (unpaired) electrons. The van der Waals surface area contributed by atoms with Gasteiger partial charge in [-0.2, -0.15) is 0 Å². The molecule has 6 heteroatoms. The number of hydrogen-bond acceptors (Lipinski definition) is 3. The van der Waals surface area contributed by atoms with Gasteiger partial charge in [-0.3, -0.25) is 4.79 Å². The minimum absolute atomic E-state index is 0.136. The Kier molecular flexibility index (Phi) is 4.87. The lowest BCUT2D eigenvalue weighted by Crippen LogP contribution is -2.34. The van der Waals surface area contributed by atoms with E-state index in [1.54, 1.807) is 24.3 Å². The van der Waals surface area contributed by atoms with Crippen LogP contribution < -0.4 is 10.5 Å². The average Bonchev–Trinajstić information content (AvgIpc) is 2.48. The largest absolute Gasteiger partial charge is 0.325 e. The summed E-state index contributed by atoms with van der Waals surface area (Å²) in [6.45, 7) is 3.71. The van der Waals surface area contributed by atoms with Crippen LogP contribution in [-0.2, 0) is 26.0 Å². The van der Waals surface area contributed by atoms with E-state index in [1.807, 2.05) is 44.2 Å². The highest BCUT2D eigenvalue weighted by Crippen LogP contribution is 2.25. The maximum absolute atomic E-state index is 12.5. The number of primary sulfonamides is 1. The van der Waals surface area contributed by atoms with Crippen LogP contribution in [0.4, 0.5) is 5.69 Å². The molecule has 0 aliphatic rings. The molecule has 1 amide bonds. The zero-order valence-corrected chi connectivity index (χ0v) is 13.9. The molecule has 0 aromatic heterocycles. The van der Waals surface area contributed by atoms with Gasteiger partial charge in [0.25, 0.3) is 0 Å². The molecule has 0 unspecified atom stereocenters. The molecule has 2 aromatic carbocycles. The van der Waals surface area contributed by atoms with Crippen molar-refractivity contribution in [2.24, 2.45) is 5.14 Å². The normalized spacial score (nSPS) is 12.0. The zero-order valence-electron chi connectivity index (χ0n) is 13.1. The average molecular weight is 332 g/mol. The molecule has 0 fully saturated rings. The third-order valence-corrected chi connectivity index (χ3v) is 4.38. The Bertz CT molecular complexity index is 782. The van der Waals surface area contributed by atoms with E-state index in [0.29, 0.717) is 11.3 Å². The molecule has 2 rings (SSSR count). The van der Waals surface area contributed by atoms with Gasteiger partial charge < -0.3 is 5.32 Å². The molecular weight excluding hydrogens is 312 g/mol. The summed E-state index contributed by atoms with van der Waals surface area (Å²) in [7, 11) is -3.56. The van der Waals surface area contributed by atoms with Crippen molar-refractivity contribution < 1.29 is 13.2 Å². The molecule has 0 saturated carbocycles. The highest BCUT2D eigenvalue weighted by Gasteiger charge is 2.29. The third kappa shape index (κ3) is 4.64. The van der Waals surface area contributed by atoms with E-state index < -0.39 is 15.4 Å². The smallest absolute Gasteiger partial charge is 0.234 e. The Morgan fingerprint density at radius 3 is 2.13 bits per heavy atom. The minimum atomic E-state index is -3.56. The number of amides is 1. The first kappa shape index (κ1) is 17.2. The molecule has 5 nitrogen and oxygen atoms in total. The lowest BCUT2D eigenvalue weighted by atomic mass is 9.83. The molecule has 122 valence electrons. The summed E-state index contributed by atoms with van der Waals surface area (Å²) in [4.78, 5) is 12.5. The lowest BCUT2D eigenvalue weighted by molar-refractivity contribution is -0.120. The van der Waals surface area contributed by atoms with Crippen molar-refractivity contribution in [3.05, 3.63) is 65.7 Å². The van der Waals surface area contributed by atoms with Crippen LogP contribution >= 0.6 is 0 Å². The summed E-state index contributed by atoms with van der Waals surface area (Å²) in [6, 6.07) is 16.1. The number of hydrogen-bond donors (Lipinski definition) is 2. The van der Waals surface area contributed by atoms with Gasteiger partial charge in [0.2, 0.25) is 15.9 Å². The van der Waals surface area contributed by atoms with E-state index in [0.717, 1.165) is 5.56 Å². The van der Waals surface area contributed by atoms with Crippen molar-refractivity contribution in [2.45, 2.75) is 25.0 Å². The van der Waals surface area contributed by atoms with Crippen LogP contribution in [0.3, 0.4) is 0 Å². The summed E-state index contributed by atoms with van der Waals surface area (Å²) < 4.78 is 22.1. The molecule has 0 spiro atoms. The molecular formula is C17H20N2O3S. The monoisotopic (exact) mass is 332 g/mol. The van der Waals surface area contributed by atoms with Gasteiger partial charge in [0.05, 0.1) is 11.2 Å². The maximum Gasteiger partial charge on any atom is 0.234 e. The Morgan fingerprint density at radius 2 is 1.61 bits per heavy atom. The number of carbonyl (C=O) groups is 1. The van der Waals surface area contributed by atoms with E-state index in [-0.39, 0.29) is 11.7 Å². The predicted molar refractivity (Wildman–Crippen MR) is 91.4 cm³/mol. The number of sulfonamides is 1. The highest BCUT2D eigenvalue weighted by molar-refractivity contribution is 7.88. The zero-order chi connectivity index (χ0) is 17.1. The molecule has 23 heavy (non-hydrogen) atoms. The molecule has 0 aliphatic carbocycles. The third-order valence-electron chi connectivity index (χ3n) is 3.64. The van der Waals surface area contributed by atoms with Gasteiger partial charge in [0, 0.05) is 5.69 Å². The number of rotatable bonds is 5. The summed E-state index contributed by atoms with van der Waals surface area (Å²) >= 11 is 0. The summed E-state index contributed by atoms with van der Waals surface area (Å²) in [5, 5.41) is 7.86. The van der Waals surface area contributed by atoms with E-state index in [9.17, 15) is 13.2 Å². The van der Waals surface area contributed by atoms with Gasteiger partial charge in [-0.25, -0.2) is 13.6 Å². The first-order chi connectivity index (χ1) is 10.7. The van der Waals surface area contributed by atoms with Crippen molar-refractivity contribution in [3.63, 3.8) is 0 Å². The second kappa shape index (κ2) is 6.52. The SMILES string of the molecule is CC(C)(C(=O)Nc1ccc(CS(N)(=O)=O)cc1)c1ccccc1. The van der Waals surface area contributed by atoms with E-state index in [4.69, 9.17) is 5.14 Å². The molecule has 0 bridgehead atoms. The second-order valence-electron chi connectivity index (χ2n) is 5.95. The van der Waals surface area contributed by atoms with Gasteiger partial charge in [-0.1, -0.05) is 42.5 Å². The summed E-state index contributed by atoms with van der Waals surface area (Å²) in [6.07, 6.45) is 0. The van der Waals surface area contributed by atoms with Crippen LogP contribution in [0.2, 0.25) is 0 Å². The fraction of sp³-hybridized carbons (Fsp3) is 0.235. The molecule has 0 aliphatic heterocycles. The van der Waals surface area contributed by atoms with Crippen molar-refractivity contribution >= 4 is 21.6 Å². The van der Waals surface area contributed by atoms with Crippen molar-refractivity contribution in [2.75, 3.05) is 5.32 Å². The first-order valence-corrected chi connectivity index (χ1v) is 8.86. The van der Waals surface area contributed by atoms with Crippen LogP contribution in [0.15, 0.2) is 54.6 Å². The van der Waals surface area contributed by atoms with Crippen molar-refractivity contribution in [1.82, 2.24) is 0 Å². The van der Waals surface area contributed by atoms with Gasteiger partial charge in [0.15, 0.2) is 0 Å². The Labute approximate surface area is 136 Å². The van der Waals surface area contributed by atoms with Crippen LogP contribution in [0.5, 0.6) is 0 Å². The standard InChI is InChI=1S/C17H20N2O3S/c1-17(2,14-6-4-3-5-7-14)16(20)19-15-10-8-13(9-11-15)12-23(18,21)22/h3-11H,12H2,1-2H3,(H,19,20)(H2,18,21,22). The number of benzene rings is 2. The van der Waals surface area contributed by atoms with Crippen LogP contribution in [-0.4, -0.2) is 14.3 Å². The topological polar surface area (TPSA) is 89.3 Å². The second-order valence-corrected chi connectivity index (χ2v) is 7.56. The Morgan fingerprint density at radius 1 is 1.04 bits per heavy atom. The van der Waals surface area contributed by atoms with E-state index >= 15 is 0 Å². The molecule has 3 N–H and O–H groups in total. The Balaban J connectivity index is 2.11. The van der Waals surface area contributed by atoms with Gasteiger partial charge in [0.1, 0.15) is 0 Å². The molecule has 0 saturated heterocycles. The maximum atomic E-state index is 12.5. The number of carbonyl (C=O) groups excluding carboxylic acids is 1. The number of nitrogens with two attached hydrogens (primary N) is 1. The van der Waals surface area contributed by atoms with Gasteiger partial charge >= 0.3 is 0 Å².